The quantitative estimate of drug-likeness (QED) is 0.592. The van der Waals surface area contributed by atoms with Crippen molar-refractivity contribution in [3.05, 3.63) is 23.8 Å². The SMILES string of the molecule is C=C1C[C@]23C[C@H]1CC[C@H]2[C@@]12CC=C(C)[C@@](C)(C(=O)O1)[C@H]2[C@@H]3C(=O)O. The van der Waals surface area contributed by atoms with E-state index in [1.807, 2.05) is 13.8 Å². The summed E-state index contributed by atoms with van der Waals surface area (Å²) < 4.78 is 6.12. The summed E-state index contributed by atoms with van der Waals surface area (Å²) >= 11 is 0. The van der Waals surface area contributed by atoms with Gasteiger partial charge in [0.05, 0.1) is 11.3 Å². The lowest BCUT2D eigenvalue weighted by Crippen LogP contribution is -2.46. The summed E-state index contributed by atoms with van der Waals surface area (Å²) in [7, 11) is 0. The lowest BCUT2D eigenvalue weighted by atomic mass is 9.60. The molecule has 4 heteroatoms. The molecule has 5 aliphatic rings. The van der Waals surface area contributed by atoms with Gasteiger partial charge in [-0.2, -0.15) is 0 Å². The Kier molecular flexibility index (Phi) is 2.44. The minimum absolute atomic E-state index is 0.154. The molecule has 4 fully saturated rings. The van der Waals surface area contributed by atoms with Crippen LogP contribution < -0.4 is 0 Å². The zero-order valence-electron chi connectivity index (χ0n) is 14.3. The van der Waals surface area contributed by atoms with Gasteiger partial charge >= 0.3 is 11.9 Å². The van der Waals surface area contributed by atoms with Crippen LogP contribution >= 0.6 is 0 Å². The normalized spacial score (nSPS) is 54.2. The van der Waals surface area contributed by atoms with Crippen LogP contribution in [0.5, 0.6) is 0 Å². The van der Waals surface area contributed by atoms with E-state index in [-0.39, 0.29) is 23.2 Å². The zero-order chi connectivity index (χ0) is 17.1. The fraction of sp³-hybridized carbons (Fsp3) is 0.700. The topological polar surface area (TPSA) is 63.6 Å². The van der Waals surface area contributed by atoms with Crippen LogP contribution in [0.1, 0.15) is 46.0 Å². The Balaban J connectivity index is 1.78. The number of fused-ring (bicyclic) bond motifs is 1. The minimum Gasteiger partial charge on any atom is -0.481 e. The predicted molar refractivity (Wildman–Crippen MR) is 86.9 cm³/mol. The second-order valence-corrected chi connectivity index (χ2v) is 9.03. The summed E-state index contributed by atoms with van der Waals surface area (Å²) in [5.41, 5.74) is 0.546. The van der Waals surface area contributed by atoms with Gasteiger partial charge in [0, 0.05) is 18.3 Å². The van der Waals surface area contributed by atoms with Crippen LogP contribution in [0.3, 0.4) is 0 Å². The summed E-state index contributed by atoms with van der Waals surface area (Å²) in [6.07, 6.45) is 6.54. The molecule has 0 aromatic carbocycles. The summed E-state index contributed by atoms with van der Waals surface area (Å²) in [5.74, 6) is -1.10. The highest BCUT2D eigenvalue weighted by Crippen LogP contribution is 2.77. The van der Waals surface area contributed by atoms with Crippen LogP contribution in [0, 0.1) is 34.5 Å². The van der Waals surface area contributed by atoms with E-state index in [1.54, 1.807) is 0 Å². The molecule has 1 saturated heterocycles. The number of allylic oxidation sites excluding steroid dienone is 1. The Morgan fingerprint density at radius 3 is 2.88 bits per heavy atom. The highest BCUT2D eigenvalue weighted by molar-refractivity contribution is 5.87. The standard InChI is InChI=1S/C20H24O4/c1-10-8-19-9-12(10)4-5-13(19)20-7-6-11(2)18(3,17(23)24-20)15(20)14(19)16(21)22/h6,12-15H,1,4-5,7-9H2,2-3H3,(H,21,22)/t12-,13-,14-,15-,18-,19+,20-/m1/s1. The number of carboxylic acid groups (broad SMARTS) is 1. The Labute approximate surface area is 141 Å². The molecule has 3 saturated carbocycles. The van der Waals surface area contributed by atoms with E-state index in [9.17, 15) is 14.7 Å². The van der Waals surface area contributed by atoms with Crippen LogP contribution in [-0.2, 0) is 14.3 Å². The molecule has 24 heavy (non-hydrogen) atoms. The van der Waals surface area contributed by atoms with Crippen molar-refractivity contribution in [3.63, 3.8) is 0 Å². The monoisotopic (exact) mass is 328 g/mol. The number of carbonyl (C=O) groups excluding carboxylic acids is 1. The number of carboxylic acids is 1. The van der Waals surface area contributed by atoms with Crippen molar-refractivity contribution in [1.29, 1.82) is 0 Å². The highest BCUT2D eigenvalue weighted by atomic mass is 16.6. The van der Waals surface area contributed by atoms with Crippen molar-refractivity contribution in [2.45, 2.75) is 51.6 Å². The first kappa shape index (κ1) is 14.7. The Hall–Kier alpha value is -1.58. The van der Waals surface area contributed by atoms with Crippen molar-refractivity contribution in [3.8, 4) is 0 Å². The molecule has 1 spiro atoms. The van der Waals surface area contributed by atoms with Gasteiger partial charge < -0.3 is 9.84 Å². The summed E-state index contributed by atoms with van der Waals surface area (Å²) in [5, 5.41) is 10.2. The van der Waals surface area contributed by atoms with Crippen molar-refractivity contribution < 1.29 is 19.4 Å². The van der Waals surface area contributed by atoms with Crippen LogP contribution in [0.15, 0.2) is 23.8 Å². The summed E-state index contributed by atoms with van der Waals surface area (Å²) in [4.78, 5) is 25.3. The molecule has 0 unspecified atom stereocenters. The number of carbonyl (C=O) groups is 2. The van der Waals surface area contributed by atoms with E-state index in [0.29, 0.717) is 12.3 Å². The zero-order valence-corrected chi connectivity index (χ0v) is 14.3. The van der Waals surface area contributed by atoms with E-state index in [1.165, 1.54) is 5.57 Å². The highest BCUT2D eigenvalue weighted by Gasteiger charge is 2.81. The van der Waals surface area contributed by atoms with Gasteiger partial charge in [-0.05, 0) is 50.9 Å². The first-order valence-corrected chi connectivity index (χ1v) is 9.08. The first-order chi connectivity index (χ1) is 11.3. The van der Waals surface area contributed by atoms with Crippen molar-refractivity contribution in [2.75, 3.05) is 0 Å². The second-order valence-electron chi connectivity index (χ2n) is 9.03. The maximum atomic E-state index is 12.8. The van der Waals surface area contributed by atoms with Crippen LogP contribution in [-0.4, -0.2) is 22.6 Å². The average Bonchev–Trinajstić information content (AvgIpc) is 2.98. The van der Waals surface area contributed by atoms with Crippen LogP contribution in [0.4, 0.5) is 0 Å². The smallest absolute Gasteiger partial charge is 0.316 e. The van der Waals surface area contributed by atoms with Gasteiger partial charge in [-0.25, -0.2) is 0 Å². The van der Waals surface area contributed by atoms with Crippen molar-refractivity contribution in [2.24, 2.45) is 34.5 Å². The lowest BCUT2D eigenvalue weighted by Gasteiger charge is -2.43. The van der Waals surface area contributed by atoms with Gasteiger partial charge in [0.15, 0.2) is 0 Å². The number of esters is 1. The second kappa shape index (κ2) is 3.97. The average molecular weight is 328 g/mol. The van der Waals surface area contributed by atoms with Gasteiger partial charge in [-0.1, -0.05) is 23.8 Å². The van der Waals surface area contributed by atoms with E-state index in [4.69, 9.17) is 4.74 Å². The minimum atomic E-state index is -0.785. The van der Waals surface area contributed by atoms with Gasteiger partial charge in [0.2, 0.25) is 0 Å². The summed E-state index contributed by atoms with van der Waals surface area (Å²) in [6, 6.07) is 0. The lowest BCUT2D eigenvalue weighted by molar-refractivity contribution is -0.160. The number of aliphatic carboxylic acids is 1. The van der Waals surface area contributed by atoms with E-state index in [0.717, 1.165) is 31.3 Å². The maximum Gasteiger partial charge on any atom is 0.316 e. The fourth-order valence-electron chi connectivity index (χ4n) is 7.48. The largest absolute Gasteiger partial charge is 0.481 e. The molecule has 0 radical (unpaired) electrons. The van der Waals surface area contributed by atoms with Crippen LogP contribution in [0.2, 0.25) is 0 Å². The number of hydrogen-bond acceptors (Lipinski definition) is 3. The van der Waals surface area contributed by atoms with Gasteiger partial charge in [0.1, 0.15) is 5.60 Å². The number of rotatable bonds is 1. The Bertz CT molecular complexity index is 736. The van der Waals surface area contributed by atoms with Crippen molar-refractivity contribution >= 4 is 11.9 Å². The van der Waals surface area contributed by atoms with Gasteiger partial charge in [0.25, 0.3) is 0 Å². The van der Waals surface area contributed by atoms with Crippen LogP contribution in [0.25, 0.3) is 0 Å². The van der Waals surface area contributed by atoms with Crippen molar-refractivity contribution in [1.82, 2.24) is 0 Å². The third-order valence-corrected chi connectivity index (χ3v) is 8.47. The molecule has 0 aromatic heterocycles. The molecule has 1 aliphatic heterocycles. The Morgan fingerprint density at radius 1 is 1.42 bits per heavy atom. The molecule has 128 valence electrons. The summed E-state index contributed by atoms with van der Waals surface area (Å²) in [6.45, 7) is 8.13. The van der Waals surface area contributed by atoms with E-state index in [2.05, 4.69) is 12.7 Å². The molecular formula is C20H24O4. The third-order valence-electron chi connectivity index (χ3n) is 8.47. The molecule has 1 heterocycles. The molecule has 0 amide bonds. The predicted octanol–water partition coefficient (Wildman–Crippen LogP) is 3.33. The Morgan fingerprint density at radius 2 is 2.17 bits per heavy atom. The van der Waals surface area contributed by atoms with Gasteiger partial charge in [-0.3, -0.25) is 9.59 Å². The molecular weight excluding hydrogens is 304 g/mol. The number of hydrogen-bond donors (Lipinski definition) is 1. The molecule has 4 aliphatic carbocycles. The molecule has 0 aromatic rings. The molecule has 7 atom stereocenters. The molecule has 4 nitrogen and oxygen atoms in total. The molecule has 1 N–H and O–H groups in total. The molecule has 5 rings (SSSR count). The number of ether oxygens (including phenoxy) is 1. The van der Waals surface area contributed by atoms with Gasteiger partial charge in [-0.15, -0.1) is 0 Å². The van der Waals surface area contributed by atoms with E-state index >= 15 is 0 Å². The third kappa shape index (κ3) is 1.25. The fourth-order valence-corrected chi connectivity index (χ4v) is 7.48. The molecule has 4 bridgehead atoms. The van der Waals surface area contributed by atoms with E-state index < -0.39 is 22.9 Å². The first-order valence-electron chi connectivity index (χ1n) is 9.08. The maximum absolute atomic E-state index is 12.8.